The van der Waals surface area contributed by atoms with Gasteiger partial charge in [-0.15, -0.1) is 0 Å². The van der Waals surface area contributed by atoms with Crippen LogP contribution in [0.1, 0.15) is 46.5 Å². The molecule has 2 rings (SSSR count). The maximum atomic E-state index is 10.2. The summed E-state index contributed by atoms with van der Waals surface area (Å²) in [4.78, 5) is 0. The molecule has 21 heavy (non-hydrogen) atoms. The summed E-state index contributed by atoms with van der Waals surface area (Å²) in [5.74, 6) is 1.28. The second-order valence-electron chi connectivity index (χ2n) is 7.30. The lowest BCUT2D eigenvalue weighted by Crippen LogP contribution is -2.55. The first-order valence-electron chi connectivity index (χ1n) is 7.95. The zero-order valence-corrected chi connectivity index (χ0v) is 13.8. The van der Waals surface area contributed by atoms with Crippen molar-refractivity contribution in [1.82, 2.24) is 0 Å². The molecule has 0 radical (unpaired) electrons. The number of anilines is 1. The SMILES string of the molecule is COc1ccccc1NC1(CO)CCCCC1C(C)(C)C. The van der Waals surface area contributed by atoms with Crippen LogP contribution in [0.3, 0.4) is 0 Å². The van der Waals surface area contributed by atoms with Crippen molar-refractivity contribution < 1.29 is 9.84 Å². The van der Waals surface area contributed by atoms with Crippen molar-refractivity contribution >= 4 is 5.69 Å². The van der Waals surface area contributed by atoms with E-state index < -0.39 is 0 Å². The Labute approximate surface area is 128 Å². The molecule has 3 heteroatoms. The van der Waals surface area contributed by atoms with E-state index in [-0.39, 0.29) is 17.6 Å². The number of aliphatic hydroxyl groups excluding tert-OH is 1. The molecule has 1 fully saturated rings. The minimum atomic E-state index is -0.259. The lowest BCUT2D eigenvalue weighted by molar-refractivity contribution is 0.0482. The van der Waals surface area contributed by atoms with Gasteiger partial charge in [-0.2, -0.15) is 0 Å². The Kier molecular flexibility index (Phi) is 4.82. The molecule has 0 spiro atoms. The fourth-order valence-corrected chi connectivity index (χ4v) is 3.90. The van der Waals surface area contributed by atoms with Crippen LogP contribution in [0, 0.1) is 11.3 Å². The molecule has 0 aliphatic heterocycles. The third-order valence-corrected chi connectivity index (χ3v) is 4.85. The molecule has 1 aromatic carbocycles. The highest BCUT2D eigenvalue weighted by Crippen LogP contribution is 2.46. The van der Waals surface area contributed by atoms with Crippen LogP contribution in [0.2, 0.25) is 0 Å². The van der Waals surface area contributed by atoms with E-state index in [9.17, 15) is 5.11 Å². The average molecular weight is 291 g/mol. The minimum Gasteiger partial charge on any atom is -0.495 e. The van der Waals surface area contributed by atoms with Gasteiger partial charge in [0.25, 0.3) is 0 Å². The predicted molar refractivity (Wildman–Crippen MR) is 87.8 cm³/mol. The van der Waals surface area contributed by atoms with Gasteiger partial charge in [0.1, 0.15) is 5.75 Å². The second kappa shape index (κ2) is 6.27. The summed E-state index contributed by atoms with van der Waals surface area (Å²) >= 11 is 0. The van der Waals surface area contributed by atoms with Crippen LogP contribution in [0.5, 0.6) is 5.75 Å². The second-order valence-corrected chi connectivity index (χ2v) is 7.30. The van der Waals surface area contributed by atoms with Crippen molar-refractivity contribution in [3.8, 4) is 5.75 Å². The van der Waals surface area contributed by atoms with E-state index in [0.29, 0.717) is 5.92 Å². The number of aliphatic hydroxyl groups is 1. The van der Waals surface area contributed by atoms with Crippen molar-refractivity contribution in [2.75, 3.05) is 19.0 Å². The van der Waals surface area contributed by atoms with E-state index >= 15 is 0 Å². The highest BCUT2D eigenvalue weighted by Gasteiger charge is 2.46. The van der Waals surface area contributed by atoms with E-state index in [1.807, 2.05) is 24.3 Å². The van der Waals surface area contributed by atoms with Gasteiger partial charge in [0.05, 0.1) is 24.9 Å². The predicted octanol–water partition coefficient (Wildman–Crippen LogP) is 4.07. The summed E-state index contributed by atoms with van der Waals surface area (Å²) in [5, 5.41) is 13.8. The fraction of sp³-hybridized carbons (Fsp3) is 0.667. The van der Waals surface area contributed by atoms with Crippen LogP contribution >= 0.6 is 0 Å². The standard InChI is InChI=1S/C18H29NO2/c1-17(2,3)16-11-7-8-12-18(16,13-20)19-14-9-5-6-10-15(14)21-4/h5-6,9-10,16,19-20H,7-8,11-13H2,1-4H3. The van der Waals surface area contributed by atoms with E-state index in [1.165, 1.54) is 6.42 Å². The molecule has 1 aliphatic carbocycles. The molecule has 2 N–H and O–H groups in total. The lowest BCUT2D eigenvalue weighted by Gasteiger charge is -2.50. The average Bonchev–Trinajstić information content (AvgIpc) is 2.47. The quantitative estimate of drug-likeness (QED) is 0.878. The molecule has 0 bridgehead atoms. The van der Waals surface area contributed by atoms with Crippen molar-refractivity contribution in [3.63, 3.8) is 0 Å². The summed E-state index contributed by atoms with van der Waals surface area (Å²) in [5.41, 5.74) is 0.883. The molecule has 0 aromatic heterocycles. The largest absolute Gasteiger partial charge is 0.495 e. The molecule has 0 saturated heterocycles. The van der Waals surface area contributed by atoms with E-state index in [0.717, 1.165) is 30.7 Å². The Bertz CT molecular complexity index is 467. The fourth-order valence-electron chi connectivity index (χ4n) is 3.90. The molecular formula is C18H29NO2. The van der Waals surface area contributed by atoms with Crippen LogP contribution in [-0.2, 0) is 0 Å². The first-order chi connectivity index (χ1) is 9.93. The normalized spacial score (nSPS) is 26.4. The Morgan fingerprint density at radius 2 is 2.00 bits per heavy atom. The van der Waals surface area contributed by atoms with Crippen molar-refractivity contribution in [2.45, 2.75) is 52.0 Å². The van der Waals surface area contributed by atoms with Gasteiger partial charge in [-0.1, -0.05) is 45.7 Å². The minimum absolute atomic E-state index is 0.160. The van der Waals surface area contributed by atoms with Gasteiger partial charge in [0.2, 0.25) is 0 Å². The first-order valence-corrected chi connectivity index (χ1v) is 7.95. The third-order valence-electron chi connectivity index (χ3n) is 4.85. The van der Waals surface area contributed by atoms with Gasteiger partial charge in [0.15, 0.2) is 0 Å². The number of methoxy groups -OCH3 is 1. The topological polar surface area (TPSA) is 41.5 Å². The van der Waals surface area contributed by atoms with E-state index in [1.54, 1.807) is 7.11 Å². The first kappa shape index (κ1) is 16.2. The van der Waals surface area contributed by atoms with E-state index in [4.69, 9.17) is 4.74 Å². The van der Waals surface area contributed by atoms with Gasteiger partial charge in [-0.05, 0) is 36.3 Å². The summed E-state index contributed by atoms with van der Waals surface area (Å²) in [6, 6.07) is 7.97. The van der Waals surface area contributed by atoms with Gasteiger partial charge < -0.3 is 15.2 Å². The highest BCUT2D eigenvalue weighted by atomic mass is 16.5. The number of hydrogen-bond donors (Lipinski definition) is 2. The van der Waals surface area contributed by atoms with Gasteiger partial charge in [0, 0.05) is 0 Å². The highest BCUT2D eigenvalue weighted by molar-refractivity contribution is 5.58. The lowest BCUT2D eigenvalue weighted by atomic mass is 9.62. The Morgan fingerprint density at radius 3 is 2.62 bits per heavy atom. The monoisotopic (exact) mass is 291 g/mol. The smallest absolute Gasteiger partial charge is 0.141 e. The van der Waals surface area contributed by atoms with Gasteiger partial charge in [-0.25, -0.2) is 0 Å². The third kappa shape index (κ3) is 3.34. The molecule has 0 heterocycles. The number of benzene rings is 1. The van der Waals surface area contributed by atoms with Crippen molar-refractivity contribution in [3.05, 3.63) is 24.3 Å². The Hall–Kier alpha value is -1.22. The molecule has 1 aromatic rings. The number of nitrogens with one attached hydrogen (secondary N) is 1. The number of rotatable bonds is 4. The van der Waals surface area contributed by atoms with Gasteiger partial charge in [-0.3, -0.25) is 0 Å². The Balaban J connectivity index is 2.35. The summed E-state index contributed by atoms with van der Waals surface area (Å²) in [6.07, 6.45) is 4.57. The molecular weight excluding hydrogens is 262 g/mol. The molecule has 118 valence electrons. The maximum Gasteiger partial charge on any atom is 0.141 e. The van der Waals surface area contributed by atoms with Crippen LogP contribution < -0.4 is 10.1 Å². The summed E-state index contributed by atoms with van der Waals surface area (Å²) in [6.45, 7) is 6.99. The summed E-state index contributed by atoms with van der Waals surface area (Å²) < 4.78 is 5.45. The van der Waals surface area contributed by atoms with Crippen molar-refractivity contribution in [1.29, 1.82) is 0 Å². The molecule has 2 atom stereocenters. The zero-order chi connectivity index (χ0) is 15.5. The van der Waals surface area contributed by atoms with E-state index in [2.05, 4.69) is 26.1 Å². The molecule has 3 nitrogen and oxygen atoms in total. The molecule has 2 unspecified atom stereocenters. The van der Waals surface area contributed by atoms with Crippen LogP contribution in [0.25, 0.3) is 0 Å². The maximum absolute atomic E-state index is 10.2. The molecule has 1 aliphatic rings. The number of ether oxygens (including phenoxy) is 1. The van der Waals surface area contributed by atoms with Crippen LogP contribution in [0.15, 0.2) is 24.3 Å². The molecule has 1 saturated carbocycles. The number of hydrogen-bond acceptors (Lipinski definition) is 3. The Morgan fingerprint density at radius 1 is 1.29 bits per heavy atom. The van der Waals surface area contributed by atoms with Gasteiger partial charge >= 0.3 is 0 Å². The van der Waals surface area contributed by atoms with Crippen molar-refractivity contribution in [2.24, 2.45) is 11.3 Å². The number of para-hydroxylation sites is 2. The summed E-state index contributed by atoms with van der Waals surface area (Å²) in [7, 11) is 1.69. The molecule has 0 amide bonds. The zero-order valence-electron chi connectivity index (χ0n) is 13.8. The van der Waals surface area contributed by atoms with Crippen LogP contribution in [-0.4, -0.2) is 24.4 Å². The van der Waals surface area contributed by atoms with Crippen LogP contribution in [0.4, 0.5) is 5.69 Å².